The largest absolute Gasteiger partial charge is 0.465 e. The van der Waals surface area contributed by atoms with Gasteiger partial charge in [0.1, 0.15) is 16.5 Å². The minimum Gasteiger partial charge on any atom is -0.465 e. The monoisotopic (exact) mass is 491 g/mol. The van der Waals surface area contributed by atoms with E-state index in [1.165, 1.54) is 30.6 Å². The predicted molar refractivity (Wildman–Crippen MR) is 130 cm³/mol. The van der Waals surface area contributed by atoms with Gasteiger partial charge >= 0.3 is 5.97 Å². The first kappa shape index (κ1) is 23.5. The quantitative estimate of drug-likeness (QED) is 0.173. The molecule has 3 rings (SSSR count). The summed E-state index contributed by atoms with van der Waals surface area (Å²) in [5.41, 5.74) is 0.526. The second-order valence-electron chi connectivity index (χ2n) is 6.41. The number of thiocarbonyl (C=S) groups is 1. The SMILES string of the molecule is CCc1cc(C(=O)OC)c(NC(=S)Nc2cc(Oc3ccc(Cl)cc3)cc([N+](=O)[O-])c2)s1. The van der Waals surface area contributed by atoms with Gasteiger partial charge in [0.05, 0.1) is 29.4 Å². The number of non-ortho nitro benzene ring substituents is 1. The number of nitrogens with zero attached hydrogens (tertiary/aromatic N) is 1. The van der Waals surface area contributed by atoms with E-state index in [1.54, 1.807) is 36.4 Å². The van der Waals surface area contributed by atoms with E-state index in [4.69, 9.17) is 33.3 Å². The van der Waals surface area contributed by atoms with Crippen molar-refractivity contribution in [3.8, 4) is 11.5 Å². The molecule has 0 fully saturated rings. The van der Waals surface area contributed by atoms with Gasteiger partial charge in [-0.05, 0) is 49.0 Å². The number of halogens is 1. The fraction of sp³-hybridized carbons (Fsp3) is 0.143. The van der Waals surface area contributed by atoms with Crippen molar-refractivity contribution in [3.05, 3.63) is 74.1 Å². The van der Waals surface area contributed by atoms with Crippen LogP contribution in [0.1, 0.15) is 22.2 Å². The molecule has 3 aromatic rings. The van der Waals surface area contributed by atoms with E-state index >= 15 is 0 Å². The number of methoxy groups -OCH3 is 1. The summed E-state index contributed by atoms with van der Waals surface area (Å²) < 4.78 is 10.5. The molecular formula is C21H18ClN3O5S2. The number of benzene rings is 2. The molecule has 0 amide bonds. The van der Waals surface area contributed by atoms with Gasteiger partial charge in [0.15, 0.2) is 5.11 Å². The summed E-state index contributed by atoms with van der Waals surface area (Å²) in [6, 6.07) is 12.5. The van der Waals surface area contributed by atoms with Gasteiger partial charge < -0.3 is 20.1 Å². The molecule has 0 atom stereocenters. The second kappa shape index (κ2) is 10.4. The van der Waals surface area contributed by atoms with Crippen LogP contribution < -0.4 is 15.4 Å². The molecule has 0 unspecified atom stereocenters. The van der Waals surface area contributed by atoms with Crippen LogP contribution in [0.15, 0.2) is 48.5 Å². The number of anilines is 2. The molecule has 1 heterocycles. The molecule has 0 saturated heterocycles. The maximum Gasteiger partial charge on any atom is 0.340 e. The average Bonchev–Trinajstić information content (AvgIpc) is 3.17. The lowest BCUT2D eigenvalue weighted by Gasteiger charge is -2.12. The first-order valence-corrected chi connectivity index (χ1v) is 10.9. The molecule has 11 heteroatoms. The van der Waals surface area contributed by atoms with E-state index in [1.807, 2.05) is 6.92 Å². The van der Waals surface area contributed by atoms with Crippen molar-refractivity contribution >= 4 is 62.6 Å². The van der Waals surface area contributed by atoms with Crippen LogP contribution in [0.3, 0.4) is 0 Å². The Morgan fingerprint density at radius 3 is 2.50 bits per heavy atom. The van der Waals surface area contributed by atoms with Gasteiger partial charge in [-0.1, -0.05) is 18.5 Å². The Morgan fingerprint density at radius 1 is 1.16 bits per heavy atom. The number of carbonyl (C=O) groups is 1. The Labute approximate surface area is 198 Å². The van der Waals surface area contributed by atoms with Crippen molar-refractivity contribution in [2.24, 2.45) is 0 Å². The van der Waals surface area contributed by atoms with Crippen LogP contribution in [-0.4, -0.2) is 23.1 Å². The minimum atomic E-state index is -0.529. The second-order valence-corrected chi connectivity index (χ2v) is 8.39. The normalized spacial score (nSPS) is 10.3. The number of nitrogens with one attached hydrogen (secondary N) is 2. The van der Waals surface area contributed by atoms with Crippen molar-refractivity contribution < 1.29 is 19.2 Å². The average molecular weight is 492 g/mol. The van der Waals surface area contributed by atoms with Crippen LogP contribution in [0.5, 0.6) is 11.5 Å². The van der Waals surface area contributed by atoms with Gasteiger partial charge in [0.25, 0.3) is 5.69 Å². The van der Waals surface area contributed by atoms with Crippen molar-refractivity contribution in [1.82, 2.24) is 0 Å². The molecule has 0 spiro atoms. The third kappa shape index (κ3) is 5.94. The van der Waals surface area contributed by atoms with Crippen LogP contribution in [0.2, 0.25) is 5.02 Å². The smallest absolute Gasteiger partial charge is 0.340 e. The van der Waals surface area contributed by atoms with E-state index < -0.39 is 10.9 Å². The first-order chi connectivity index (χ1) is 15.3. The highest BCUT2D eigenvalue weighted by molar-refractivity contribution is 7.80. The highest BCUT2D eigenvalue weighted by atomic mass is 35.5. The van der Waals surface area contributed by atoms with Crippen LogP contribution in [0, 0.1) is 10.1 Å². The van der Waals surface area contributed by atoms with Crippen LogP contribution in [0.25, 0.3) is 0 Å². The summed E-state index contributed by atoms with van der Waals surface area (Å²) in [5, 5.41) is 18.5. The lowest BCUT2D eigenvalue weighted by molar-refractivity contribution is -0.384. The molecule has 0 saturated carbocycles. The van der Waals surface area contributed by atoms with Gasteiger partial charge in [0.2, 0.25) is 0 Å². The van der Waals surface area contributed by atoms with Crippen LogP contribution in [-0.2, 0) is 11.2 Å². The van der Waals surface area contributed by atoms with Crippen molar-refractivity contribution in [2.75, 3.05) is 17.7 Å². The Kier molecular flexibility index (Phi) is 7.62. The fourth-order valence-corrected chi connectivity index (χ4v) is 4.09. The summed E-state index contributed by atoms with van der Waals surface area (Å²) in [5.74, 6) is 0.224. The summed E-state index contributed by atoms with van der Waals surface area (Å²) in [7, 11) is 1.30. The lowest BCUT2D eigenvalue weighted by Crippen LogP contribution is -2.20. The molecule has 0 radical (unpaired) electrons. The Balaban J connectivity index is 1.82. The third-order valence-electron chi connectivity index (χ3n) is 4.17. The predicted octanol–water partition coefficient (Wildman–Crippen LogP) is 6.26. The van der Waals surface area contributed by atoms with Crippen molar-refractivity contribution in [3.63, 3.8) is 0 Å². The Hall–Kier alpha value is -3.21. The molecule has 0 bridgehead atoms. The highest BCUT2D eigenvalue weighted by Gasteiger charge is 2.18. The van der Waals surface area contributed by atoms with Gasteiger partial charge in [0, 0.05) is 22.0 Å². The minimum absolute atomic E-state index is 0.151. The number of hydrogen-bond acceptors (Lipinski definition) is 7. The van der Waals surface area contributed by atoms with Gasteiger partial charge in [-0.15, -0.1) is 11.3 Å². The van der Waals surface area contributed by atoms with E-state index in [9.17, 15) is 14.9 Å². The maximum absolute atomic E-state index is 12.0. The number of hydrogen-bond donors (Lipinski definition) is 2. The molecule has 2 aromatic carbocycles. The van der Waals surface area contributed by atoms with Gasteiger partial charge in [-0.3, -0.25) is 10.1 Å². The van der Waals surface area contributed by atoms with Gasteiger partial charge in [-0.2, -0.15) is 0 Å². The van der Waals surface area contributed by atoms with Crippen LogP contribution >= 0.6 is 35.2 Å². The first-order valence-electron chi connectivity index (χ1n) is 9.31. The number of nitro benzene ring substituents is 1. The summed E-state index contributed by atoms with van der Waals surface area (Å²) >= 11 is 12.6. The Morgan fingerprint density at radius 2 is 1.88 bits per heavy atom. The molecule has 166 valence electrons. The number of aryl methyl sites for hydroxylation is 1. The Bertz CT molecular complexity index is 1160. The highest BCUT2D eigenvalue weighted by Crippen LogP contribution is 2.32. The summed E-state index contributed by atoms with van der Waals surface area (Å²) in [4.78, 5) is 23.9. The van der Waals surface area contributed by atoms with Gasteiger partial charge in [-0.25, -0.2) is 4.79 Å². The lowest BCUT2D eigenvalue weighted by atomic mass is 10.2. The zero-order valence-electron chi connectivity index (χ0n) is 17.0. The third-order valence-corrected chi connectivity index (χ3v) is 5.82. The number of thiophene rings is 1. The number of rotatable bonds is 7. The molecule has 32 heavy (non-hydrogen) atoms. The molecule has 1 aromatic heterocycles. The number of carbonyl (C=O) groups excluding carboxylic acids is 1. The molecule has 2 N–H and O–H groups in total. The van der Waals surface area contributed by atoms with E-state index in [0.717, 1.165) is 11.3 Å². The maximum atomic E-state index is 12.0. The van der Waals surface area contributed by atoms with E-state index in [2.05, 4.69) is 10.6 Å². The number of ether oxygens (including phenoxy) is 2. The molecule has 0 aliphatic carbocycles. The molecular weight excluding hydrogens is 474 g/mol. The van der Waals surface area contributed by atoms with Crippen molar-refractivity contribution in [1.29, 1.82) is 0 Å². The van der Waals surface area contributed by atoms with E-state index in [-0.39, 0.29) is 16.5 Å². The number of nitro groups is 1. The topological polar surface area (TPSA) is 103 Å². The molecule has 0 aliphatic rings. The number of esters is 1. The zero-order chi connectivity index (χ0) is 23.3. The van der Waals surface area contributed by atoms with Crippen LogP contribution in [0.4, 0.5) is 16.4 Å². The standard InChI is InChI=1S/C21H18ClN3O5S2/c1-3-17-11-18(20(26)29-2)19(32-17)24-21(31)23-13-8-14(25(27)28)10-16(9-13)30-15-6-4-12(22)5-7-15/h4-11H,3H2,1-2H3,(H2,23,24,31). The van der Waals surface area contributed by atoms with E-state index in [0.29, 0.717) is 27.0 Å². The molecule has 0 aliphatic heterocycles. The summed E-state index contributed by atoms with van der Waals surface area (Å²) in [6.07, 6.45) is 0.743. The molecule has 8 nitrogen and oxygen atoms in total. The summed E-state index contributed by atoms with van der Waals surface area (Å²) in [6.45, 7) is 1.97. The zero-order valence-corrected chi connectivity index (χ0v) is 19.4. The fourth-order valence-electron chi connectivity index (χ4n) is 2.69. The van der Waals surface area contributed by atoms with Crippen molar-refractivity contribution in [2.45, 2.75) is 13.3 Å².